The third kappa shape index (κ3) is 5.05. The highest BCUT2D eigenvalue weighted by atomic mass is 35.5. The van der Waals surface area contributed by atoms with Gasteiger partial charge in [-0.2, -0.15) is 0 Å². The monoisotopic (exact) mass is 428 g/mol. The van der Waals surface area contributed by atoms with E-state index in [4.69, 9.17) is 11.6 Å². The topological polar surface area (TPSA) is 76.9 Å². The number of halogens is 1. The number of ketones is 1. The van der Waals surface area contributed by atoms with Crippen LogP contribution in [0.2, 0.25) is 5.02 Å². The lowest BCUT2D eigenvalue weighted by atomic mass is 10.1. The van der Waals surface area contributed by atoms with E-state index in [1.807, 2.05) is 36.6 Å². The van der Waals surface area contributed by atoms with E-state index in [0.717, 1.165) is 17.0 Å². The Kier molecular flexibility index (Phi) is 6.71. The summed E-state index contributed by atoms with van der Waals surface area (Å²) in [6.45, 7) is 6.13. The third-order valence-corrected chi connectivity index (χ3v) is 5.74. The van der Waals surface area contributed by atoms with Gasteiger partial charge in [0.2, 0.25) is 5.91 Å². The number of aromatic nitrogens is 3. The summed E-state index contributed by atoms with van der Waals surface area (Å²) in [5.41, 5.74) is 3.14. The quantitative estimate of drug-likeness (QED) is 0.429. The second-order valence-electron chi connectivity index (χ2n) is 6.48. The zero-order chi connectivity index (χ0) is 21.0. The highest BCUT2D eigenvalue weighted by Crippen LogP contribution is 2.27. The van der Waals surface area contributed by atoms with E-state index in [0.29, 0.717) is 28.0 Å². The van der Waals surface area contributed by atoms with E-state index < -0.39 is 0 Å². The molecule has 1 heterocycles. The molecule has 1 N–H and O–H groups in total. The lowest BCUT2D eigenvalue weighted by Gasteiger charge is -2.09. The van der Waals surface area contributed by atoms with Crippen molar-refractivity contribution in [2.24, 2.45) is 0 Å². The number of hydrogen-bond donors (Lipinski definition) is 1. The minimum atomic E-state index is -0.156. The first-order valence-corrected chi connectivity index (χ1v) is 10.5. The molecule has 3 aromatic rings. The summed E-state index contributed by atoms with van der Waals surface area (Å²) in [6, 6.07) is 12.6. The van der Waals surface area contributed by atoms with Crippen LogP contribution >= 0.6 is 23.4 Å². The molecule has 0 fully saturated rings. The molecule has 0 aliphatic rings. The number of anilines is 1. The fourth-order valence-electron chi connectivity index (χ4n) is 2.74. The van der Waals surface area contributed by atoms with Crippen LogP contribution in [0.25, 0.3) is 11.4 Å². The van der Waals surface area contributed by atoms with E-state index in [1.165, 1.54) is 18.7 Å². The summed E-state index contributed by atoms with van der Waals surface area (Å²) in [5.74, 6) is 0.748. The van der Waals surface area contributed by atoms with Crippen LogP contribution in [0.4, 0.5) is 5.69 Å². The second-order valence-corrected chi connectivity index (χ2v) is 7.83. The predicted octanol–water partition coefficient (Wildman–Crippen LogP) is 4.86. The van der Waals surface area contributed by atoms with Gasteiger partial charge < -0.3 is 9.88 Å². The molecule has 8 heteroatoms. The van der Waals surface area contributed by atoms with Crippen LogP contribution in [0.5, 0.6) is 0 Å². The van der Waals surface area contributed by atoms with Crippen LogP contribution in [0.15, 0.2) is 47.6 Å². The molecule has 150 valence electrons. The molecule has 0 radical (unpaired) electrons. The molecule has 0 atom stereocenters. The van der Waals surface area contributed by atoms with Crippen LogP contribution in [0.3, 0.4) is 0 Å². The minimum Gasteiger partial charge on any atom is -0.325 e. The first kappa shape index (κ1) is 21.1. The van der Waals surface area contributed by atoms with Gasteiger partial charge in [-0.1, -0.05) is 35.5 Å². The number of nitrogens with zero attached hydrogens (tertiary/aromatic N) is 3. The normalized spacial score (nSPS) is 10.8. The van der Waals surface area contributed by atoms with Crippen LogP contribution in [0, 0.1) is 6.92 Å². The highest BCUT2D eigenvalue weighted by Gasteiger charge is 2.15. The molecule has 0 bridgehead atoms. The van der Waals surface area contributed by atoms with Gasteiger partial charge in [0, 0.05) is 28.4 Å². The minimum absolute atomic E-state index is 0.0111. The summed E-state index contributed by atoms with van der Waals surface area (Å²) < 4.78 is 1.96. The van der Waals surface area contributed by atoms with Gasteiger partial charge in [0.1, 0.15) is 0 Å². The maximum absolute atomic E-state index is 12.3. The van der Waals surface area contributed by atoms with Gasteiger partial charge in [-0.15, -0.1) is 10.2 Å². The molecule has 0 spiro atoms. The number of hydrogen-bond acceptors (Lipinski definition) is 5. The zero-order valence-corrected chi connectivity index (χ0v) is 18.0. The Bertz CT molecular complexity index is 1050. The summed E-state index contributed by atoms with van der Waals surface area (Å²) in [4.78, 5) is 23.6. The Morgan fingerprint density at radius 3 is 2.48 bits per heavy atom. The molecule has 0 unspecified atom stereocenters. The molecular weight excluding hydrogens is 408 g/mol. The molecule has 3 rings (SSSR count). The van der Waals surface area contributed by atoms with Crippen LogP contribution < -0.4 is 5.32 Å². The van der Waals surface area contributed by atoms with Gasteiger partial charge >= 0.3 is 0 Å². The summed E-state index contributed by atoms with van der Waals surface area (Å²) in [7, 11) is 0. The molecule has 0 saturated heterocycles. The number of rotatable bonds is 7. The number of aryl methyl sites for hydroxylation is 1. The third-order valence-electron chi connectivity index (χ3n) is 4.37. The molecule has 0 saturated carbocycles. The number of benzene rings is 2. The SMILES string of the molecule is CCn1c(SCC(=O)Nc2ccc(C(C)=O)cc2)nnc1-c1ccc(C)c(Cl)c1. The lowest BCUT2D eigenvalue weighted by Crippen LogP contribution is -2.14. The summed E-state index contributed by atoms with van der Waals surface area (Å²) >= 11 is 7.56. The molecular formula is C21H21ClN4O2S. The average Bonchev–Trinajstić information content (AvgIpc) is 3.12. The van der Waals surface area contributed by atoms with Gasteiger partial charge in [-0.25, -0.2) is 0 Å². The predicted molar refractivity (Wildman–Crippen MR) is 117 cm³/mol. The average molecular weight is 429 g/mol. The van der Waals surface area contributed by atoms with E-state index >= 15 is 0 Å². The van der Waals surface area contributed by atoms with Crippen molar-refractivity contribution < 1.29 is 9.59 Å². The Hall–Kier alpha value is -2.64. The first-order valence-electron chi connectivity index (χ1n) is 9.12. The number of carbonyl (C=O) groups is 2. The molecule has 2 aromatic carbocycles. The lowest BCUT2D eigenvalue weighted by molar-refractivity contribution is -0.113. The molecule has 0 aliphatic heterocycles. The maximum atomic E-state index is 12.3. The fraction of sp³-hybridized carbons (Fsp3) is 0.238. The van der Waals surface area contributed by atoms with Crippen molar-refractivity contribution in [2.75, 3.05) is 11.1 Å². The molecule has 0 aliphatic carbocycles. The van der Waals surface area contributed by atoms with Gasteiger partial charge in [0.05, 0.1) is 5.75 Å². The number of amides is 1. The summed E-state index contributed by atoms with van der Waals surface area (Å²) in [5, 5.41) is 12.7. The number of Topliss-reactive ketones (excluding diaryl/α,β-unsaturated/α-hetero) is 1. The molecule has 6 nitrogen and oxygen atoms in total. The Morgan fingerprint density at radius 2 is 1.86 bits per heavy atom. The smallest absolute Gasteiger partial charge is 0.234 e. The first-order chi connectivity index (χ1) is 13.9. The second kappa shape index (κ2) is 9.24. The standard InChI is InChI=1S/C21H21ClN4O2S/c1-4-26-20(16-6-5-13(2)18(22)11-16)24-25-21(26)29-12-19(28)23-17-9-7-15(8-10-17)14(3)27/h5-11H,4,12H2,1-3H3,(H,23,28). The van der Waals surface area contributed by atoms with Crippen molar-refractivity contribution in [3.8, 4) is 11.4 Å². The van der Waals surface area contributed by atoms with E-state index in [-0.39, 0.29) is 17.4 Å². The van der Waals surface area contributed by atoms with Gasteiger partial charge in [-0.05, 0) is 56.7 Å². The van der Waals surface area contributed by atoms with Crippen LogP contribution in [-0.2, 0) is 11.3 Å². The van der Waals surface area contributed by atoms with Gasteiger partial charge in [0.25, 0.3) is 0 Å². The van der Waals surface area contributed by atoms with Crippen molar-refractivity contribution in [1.82, 2.24) is 14.8 Å². The Morgan fingerprint density at radius 1 is 1.14 bits per heavy atom. The van der Waals surface area contributed by atoms with Crippen molar-refractivity contribution in [3.63, 3.8) is 0 Å². The van der Waals surface area contributed by atoms with Crippen molar-refractivity contribution in [3.05, 3.63) is 58.6 Å². The fourth-order valence-corrected chi connectivity index (χ4v) is 3.72. The Labute approximate surface area is 178 Å². The van der Waals surface area contributed by atoms with Crippen molar-refractivity contribution in [1.29, 1.82) is 0 Å². The highest BCUT2D eigenvalue weighted by molar-refractivity contribution is 7.99. The molecule has 1 aromatic heterocycles. The molecule has 29 heavy (non-hydrogen) atoms. The largest absolute Gasteiger partial charge is 0.325 e. The Balaban J connectivity index is 1.67. The van der Waals surface area contributed by atoms with E-state index in [2.05, 4.69) is 15.5 Å². The molecule has 1 amide bonds. The number of thioether (sulfide) groups is 1. The van der Waals surface area contributed by atoms with Gasteiger partial charge in [-0.3, -0.25) is 9.59 Å². The number of nitrogens with one attached hydrogen (secondary N) is 1. The van der Waals surface area contributed by atoms with Crippen LogP contribution in [0.1, 0.15) is 29.8 Å². The van der Waals surface area contributed by atoms with Crippen molar-refractivity contribution in [2.45, 2.75) is 32.5 Å². The summed E-state index contributed by atoms with van der Waals surface area (Å²) in [6.07, 6.45) is 0. The zero-order valence-electron chi connectivity index (χ0n) is 16.4. The maximum Gasteiger partial charge on any atom is 0.234 e. The van der Waals surface area contributed by atoms with E-state index in [1.54, 1.807) is 24.3 Å². The number of carbonyl (C=O) groups excluding carboxylic acids is 2. The van der Waals surface area contributed by atoms with Crippen LogP contribution in [-0.4, -0.2) is 32.2 Å². The van der Waals surface area contributed by atoms with Crippen molar-refractivity contribution >= 4 is 40.7 Å². The van der Waals surface area contributed by atoms with Gasteiger partial charge in [0.15, 0.2) is 16.8 Å². The van der Waals surface area contributed by atoms with E-state index in [9.17, 15) is 9.59 Å².